The lowest BCUT2D eigenvalue weighted by atomic mass is 10.3. The molecule has 0 aliphatic heterocycles. The van der Waals surface area contributed by atoms with Crippen LogP contribution >= 0.6 is 0 Å². The first-order chi connectivity index (χ1) is 11.0. The second-order valence-corrected chi connectivity index (χ2v) is 5.07. The number of nitriles is 1. The van der Waals surface area contributed by atoms with E-state index in [1.807, 2.05) is 19.0 Å². The summed E-state index contributed by atoms with van der Waals surface area (Å²) in [6.45, 7) is 0.958. The first kappa shape index (κ1) is 16.3. The first-order valence-electron chi connectivity index (χ1n) is 6.83. The van der Waals surface area contributed by atoms with Gasteiger partial charge in [0, 0.05) is 19.2 Å². The van der Waals surface area contributed by atoms with Crippen molar-refractivity contribution in [3.8, 4) is 6.07 Å². The number of anilines is 1. The van der Waals surface area contributed by atoms with E-state index in [1.165, 1.54) is 12.1 Å². The molecule has 0 spiro atoms. The molecule has 9 heteroatoms. The van der Waals surface area contributed by atoms with Crippen LogP contribution in [0.5, 0.6) is 0 Å². The van der Waals surface area contributed by atoms with Gasteiger partial charge in [0.25, 0.3) is 5.52 Å². The maximum Gasteiger partial charge on any atom is 0.406 e. The zero-order valence-corrected chi connectivity index (χ0v) is 12.7. The maximum absolute atomic E-state index is 12.3. The molecule has 1 heterocycles. The van der Waals surface area contributed by atoms with Crippen molar-refractivity contribution in [1.82, 2.24) is 10.2 Å². The molecule has 0 aliphatic rings. The van der Waals surface area contributed by atoms with Gasteiger partial charge in [-0.2, -0.15) is 10.6 Å². The van der Waals surface area contributed by atoms with E-state index < -0.39 is 17.5 Å². The zero-order valence-electron chi connectivity index (χ0n) is 12.7. The number of fused-ring (bicyclic) bond motifs is 1. The van der Waals surface area contributed by atoms with Crippen LogP contribution in [0.25, 0.3) is 11.0 Å². The van der Waals surface area contributed by atoms with Crippen molar-refractivity contribution in [3.05, 3.63) is 40.4 Å². The van der Waals surface area contributed by atoms with E-state index in [4.69, 9.17) is 5.26 Å². The number of likely N-dealkylation sites (N-methyl/N-ethyl adjacent to an activating group) is 1. The van der Waals surface area contributed by atoms with E-state index >= 15 is 0 Å². The standard InChI is InChI=1S/C14H16N6O3/c1-18(2)8-7-16-14(21)17-13-12(9-15)19(22)10-5-3-4-6-11(10)20(13)23/h3-6H,7-8H2,1-2H3,(H2,16,17,21). The number of carbonyl (C=O) groups is 1. The normalized spacial score (nSPS) is 10.5. The fourth-order valence-electron chi connectivity index (χ4n) is 1.99. The number of rotatable bonds is 4. The maximum atomic E-state index is 12.3. The molecule has 9 nitrogen and oxygen atoms in total. The minimum Gasteiger partial charge on any atom is -0.710 e. The monoisotopic (exact) mass is 316 g/mol. The molecule has 2 aromatic rings. The smallest absolute Gasteiger partial charge is 0.406 e. The third-order valence-corrected chi connectivity index (χ3v) is 3.13. The van der Waals surface area contributed by atoms with Crippen LogP contribution in [0.2, 0.25) is 0 Å². The first-order valence-corrected chi connectivity index (χ1v) is 6.83. The number of carbonyl (C=O) groups excluding carboxylic acids is 1. The van der Waals surface area contributed by atoms with Gasteiger partial charge in [-0.05, 0) is 20.2 Å². The van der Waals surface area contributed by atoms with Crippen LogP contribution in [0, 0.1) is 21.7 Å². The second-order valence-electron chi connectivity index (χ2n) is 5.07. The predicted octanol–water partition coefficient (Wildman–Crippen LogP) is -0.339. The van der Waals surface area contributed by atoms with Crippen molar-refractivity contribution < 1.29 is 14.3 Å². The topological polar surface area (TPSA) is 122 Å². The van der Waals surface area contributed by atoms with Crippen molar-refractivity contribution in [2.45, 2.75) is 0 Å². The van der Waals surface area contributed by atoms with Crippen LogP contribution in [0.4, 0.5) is 10.6 Å². The average molecular weight is 316 g/mol. The summed E-state index contributed by atoms with van der Waals surface area (Å²) < 4.78 is 0.701. The van der Waals surface area contributed by atoms with Crippen molar-refractivity contribution in [2.75, 3.05) is 32.5 Å². The van der Waals surface area contributed by atoms with Crippen LogP contribution < -0.4 is 20.1 Å². The predicted molar refractivity (Wildman–Crippen MR) is 82.2 cm³/mol. The summed E-state index contributed by atoms with van der Waals surface area (Å²) in [7, 11) is 3.70. The molecule has 1 aromatic heterocycles. The summed E-state index contributed by atoms with van der Waals surface area (Å²) in [6.07, 6.45) is 0. The Morgan fingerprint density at radius 3 is 2.43 bits per heavy atom. The molecule has 0 radical (unpaired) electrons. The van der Waals surface area contributed by atoms with Crippen LogP contribution in [-0.4, -0.2) is 38.1 Å². The van der Waals surface area contributed by atoms with Gasteiger partial charge < -0.3 is 20.6 Å². The lowest BCUT2D eigenvalue weighted by Gasteiger charge is -2.13. The lowest BCUT2D eigenvalue weighted by Crippen LogP contribution is -2.46. The van der Waals surface area contributed by atoms with E-state index in [9.17, 15) is 15.2 Å². The number of hydrogen-bond acceptors (Lipinski definition) is 5. The Labute approximate surface area is 132 Å². The molecule has 23 heavy (non-hydrogen) atoms. The summed E-state index contributed by atoms with van der Waals surface area (Å²) in [4.78, 5) is 13.7. The van der Waals surface area contributed by atoms with Gasteiger partial charge in [0.1, 0.15) is 0 Å². The molecule has 0 atom stereocenters. The molecule has 0 saturated heterocycles. The number of nitrogens with zero attached hydrogens (tertiary/aromatic N) is 4. The third-order valence-electron chi connectivity index (χ3n) is 3.13. The van der Waals surface area contributed by atoms with Gasteiger partial charge in [0.15, 0.2) is 6.07 Å². The van der Waals surface area contributed by atoms with Gasteiger partial charge in [-0.1, -0.05) is 12.1 Å². The molecule has 0 unspecified atom stereocenters. The van der Waals surface area contributed by atoms with Gasteiger partial charge in [-0.3, -0.25) is 0 Å². The highest BCUT2D eigenvalue weighted by atomic mass is 16.5. The molecule has 2 rings (SSSR count). The molecule has 0 saturated carbocycles. The second kappa shape index (κ2) is 6.76. The number of hydrogen-bond donors (Lipinski definition) is 2. The highest BCUT2D eigenvalue weighted by molar-refractivity contribution is 5.88. The van der Waals surface area contributed by atoms with E-state index in [1.54, 1.807) is 18.2 Å². The van der Waals surface area contributed by atoms with Crippen LogP contribution in [0.15, 0.2) is 24.3 Å². The van der Waals surface area contributed by atoms with Gasteiger partial charge in [-0.15, -0.1) is 4.73 Å². The number of urea groups is 1. The number of amides is 2. The molecule has 2 N–H and O–H groups in total. The summed E-state index contributed by atoms with van der Waals surface area (Å²) in [6, 6.07) is 7.03. The summed E-state index contributed by atoms with van der Waals surface area (Å²) >= 11 is 0. The quantitative estimate of drug-likeness (QED) is 0.590. The van der Waals surface area contributed by atoms with Crippen LogP contribution in [-0.2, 0) is 0 Å². The summed E-state index contributed by atoms with van der Waals surface area (Å²) in [5.41, 5.74) is -0.357. The minimum atomic E-state index is -0.664. The van der Waals surface area contributed by atoms with Gasteiger partial charge in [-0.25, -0.2) is 9.52 Å². The average Bonchev–Trinajstić information content (AvgIpc) is 2.52. The molecule has 120 valence electrons. The van der Waals surface area contributed by atoms with Crippen molar-refractivity contribution in [2.24, 2.45) is 0 Å². The van der Waals surface area contributed by atoms with E-state index in [2.05, 4.69) is 10.6 Å². The lowest BCUT2D eigenvalue weighted by molar-refractivity contribution is -0.620. The minimum absolute atomic E-state index is 0.0533. The SMILES string of the molecule is CN(C)CCNC(=O)Nc1c(C#N)[n+]([O-])c2ccccc2[n+]1[O-]. The highest BCUT2D eigenvalue weighted by Gasteiger charge is 2.28. The molecule has 0 fully saturated rings. The molecule has 1 aromatic carbocycles. The summed E-state index contributed by atoms with van der Waals surface area (Å²) in [5.74, 6) is -0.399. The number of benzene rings is 1. The summed E-state index contributed by atoms with van der Waals surface area (Å²) in [5, 5.41) is 38.5. The van der Waals surface area contributed by atoms with E-state index in [-0.39, 0.29) is 11.0 Å². The molecular weight excluding hydrogens is 300 g/mol. The van der Waals surface area contributed by atoms with E-state index in [0.29, 0.717) is 22.6 Å². The van der Waals surface area contributed by atoms with Crippen molar-refractivity contribution >= 4 is 22.9 Å². The van der Waals surface area contributed by atoms with Crippen LogP contribution in [0.1, 0.15) is 5.69 Å². The Balaban J connectivity index is 2.35. The van der Waals surface area contributed by atoms with Crippen LogP contribution in [0.3, 0.4) is 0 Å². The zero-order chi connectivity index (χ0) is 17.0. The number of para-hydroxylation sites is 2. The highest BCUT2D eigenvalue weighted by Crippen LogP contribution is 2.12. The molecule has 0 bridgehead atoms. The number of nitrogens with one attached hydrogen (secondary N) is 2. The van der Waals surface area contributed by atoms with Gasteiger partial charge >= 0.3 is 17.5 Å². The molecule has 2 amide bonds. The Morgan fingerprint density at radius 1 is 1.26 bits per heavy atom. The third kappa shape index (κ3) is 3.38. The Morgan fingerprint density at radius 2 is 1.87 bits per heavy atom. The fraction of sp³-hybridized carbons (Fsp3) is 0.286. The molecule has 0 aliphatic carbocycles. The fourth-order valence-corrected chi connectivity index (χ4v) is 1.99. The van der Waals surface area contributed by atoms with Gasteiger partial charge in [0.05, 0.1) is 0 Å². The Kier molecular flexibility index (Phi) is 4.78. The Hall–Kier alpha value is -3.12. The van der Waals surface area contributed by atoms with E-state index in [0.717, 1.165) is 0 Å². The van der Waals surface area contributed by atoms with Crippen molar-refractivity contribution in [3.63, 3.8) is 0 Å². The van der Waals surface area contributed by atoms with Gasteiger partial charge in [0.2, 0.25) is 5.52 Å². The Bertz CT molecular complexity index is 784. The largest absolute Gasteiger partial charge is 0.710 e. The molecular formula is C14H16N6O3. The van der Waals surface area contributed by atoms with Crippen molar-refractivity contribution in [1.29, 1.82) is 5.26 Å². The number of aromatic nitrogens is 2.